The predicted octanol–water partition coefficient (Wildman–Crippen LogP) is 5.67. The van der Waals surface area contributed by atoms with E-state index in [0.717, 1.165) is 33.4 Å². The van der Waals surface area contributed by atoms with Crippen molar-refractivity contribution < 1.29 is 28.9 Å². The van der Waals surface area contributed by atoms with Crippen molar-refractivity contribution in [2.45, 2.75) is 25.8 Å². The zero-order valence-corrected chi connectivity index (χ0v) is 22.9. The molecule has 42 heavy (non-hydrogen) atoms. The van der Waals surface area contributed by atoms with E-state index < -0.39 is 18.7 Å². The lowest BCUT2D eigenvalue weighted by atomic mass is 10.1. The summed E-state index contributed by atoms with van der Waals surface area (Å²) in [6, 6.07) is 33.1. The molecule has 5 rings (SSSR count). The van der Waals surface area contributed by atoms with Crippen LogP contribution < -0.4 is 9.64 Å². The maximum Gasteiger partial charge on any atom is 0.338 e. The minimum Gasteiger partial charge on any atom is -0.487 e. The fourth-order valence-electron chi connectivity index (χ4n) is 4.47. The van der Waals surface area contributed by atoms with E-state index in [-0.39, 0.29) is 12.4 Å². The number of carbonyl (C=O) groups excluding carboxylic acids is 1. The number of benzene rings is 4. The first-order valence-corrected chi connectivity index (χ1v) is 13.6. The molecule has 0 aliphatic carbocycles. The van der Waals surface area contributed by atoms with Gasteiger partial charge in [-0.1, -0.05) is 48.5 Å². The molecule has 0 bridgehead atoms. The zero-order valence-electron chi connectivity index (χ0n) is 22.9. The maximum absolute atomic E-state index is 14.0. The van der Waals surface area contributed by atoms with Gasteiger partial charge in [-0.2, -0.15) is 0 Å². The highest BCUT2D eigenvalue weighted by atomic mass is 19.1. The third-order valence-electron chi connectivity index (χ3n) is 6.69. The monoisotopic (exact) mass is 566 g/mol. The molecule has 0 radical (unpaired) electrons. The molecular weight excluding hydrogens is 535 g/mol. The number of rotatable bonds is 12. The van der Waals surface area contributed by atoms with E-state index in [9.17, 15) is 14.3 Å². The van der Waals surface area contributed by atoms with Crippen molar-refractivity contribution in [3.05, 3.63) is 137 Å². The third kappa shape index (κ3) is 7.69. The molecule has 1 aromatic heterocycles. The number of anilines is 1. The number of hydrogen-bond donors (Lipinski definition) is 2. The van der Waals surface area contributed by atoms with Crippen LogP contribution in [0, 0.1) is 5.82 Å². The molecule has 0 aliphatic rings. The van der Waals surface area contributed by atoms with E-state index in [4.69, 9.17) is 14.6 Å². The molecule has 0 saturated carbocycles. The Labute approximate surface area is 243 Å². The fraction of sp³-hybridized carbons (Fsp3) is 0.176. The summed E-state index contributed by atoms with van der Waals surface area (Å²) in [7, 11) is 0. The second kappa shape index (κ2) is 13.7. The van der Waals surface area contributed by atoms with Crippen LogP contribution in [-0.2, 0) is 24.4 Å². The van der Waals surface area contributed by atoms with Crippen molar-refractivity contribution in [3.63, 3.8) is 0 Å². The normalized spacial score (nSPS) is 11.7. The average Bonchev–Trinajstić information content (AvgIpc) is 3.02. The van der Waals surface area contributed by atoms with Crippen LogP contribution in [0.15, 0.2) is 109 Å². The molecule has 0 saturated heterocycles. The molecule has 2 N–H and O–H groups in total. The Bertz CT molecular complexity index is 1630. The number of pyridine rings is 1. The van der Waals surface area contributed by atoms with Crippen molar-refractivity contribution in [1.82, 2.24) is 4.98 Å². The van der Waals surface area contributed by atoms with Gasteiger partial charge in [-0.05, 0) is 71.8 Å². The minimum atomic E-state index is -1.11. The van der Waals surface area contributed by atoms with Crippen LogP contribution in [0.3, 0.4) is 0 Å². The van der Waals surface area contributed by atoms with Gasteiger partial charge >= 0.3 is 5.97 Å². The summed E-state index contributed by atoms with van der Waals surface area (Å²) in [6.45, 7) is 0.530. The fourth-order valence-corrected chi connectivity index (χ4v) is 4.47. The highest BCUT2D eigenvalue weighted by Crippen LogP contribution is 2.25. The molecule has 1 atom stereocenters. The molecule has 1 heterocycles. The largest absolute Gasteiger partial charge is 0.487 e. The van der Waals surface area contributed by atoms with Crippen molar-refractivity contribution in [1.29, 1.82) is 0 Å². The molecule has 0 spiro atoms. The first-order valence-electron chi connectivity index (χ1n) is 13.6. The maximum atomic E-state index is 14.0. The molecule has 5 aromatic rings. The standard InChI is InChI=1S/C34H31FN2O5/c35-28-6-3-4-25(18-28)20-37(19-24-8-10-27(11-9-24)34(40)42-23-31(39)21-38)30-14-16-32(17-15-30)41-22-29-13-12-26-5-1-2-7-33(26)36-29/h1-18,31,38-39H,19-23H2/t31-/m1/s1. The third-order valence-corrected chi connectivity index (χ3v) is 6.69. The molecule has 8 heteroatoms. The van der Waals surface area contributed by atoms with Gasteiger partial charge in [0.15, 0.2) is 0 Å². The number of halogens is 1. The van der Waals surface area contributed by atoms with E-state index in [1.165, 1.54) is 12.1 Å². The van der Waals surface area contributed by atoms with Crippen molar-refractivity contribution in [2.24, 2.45) is 0 Å². The van der Waals surface area contributed by atoms with Crippen LogP contribution in [-0.4, -0.2) is 40.5 Å². The summed E-state index contributed by atoms with van der Waals surface area (Å²) >= 11 is 0. The van der Waals surface area contributed by atoms with Crippen molar-refractivity contribution in [3.8, 4) is 5.75 Å². The minimum absolute atomic E-state index is 0.281. The van der Waals surface area contributed by atoms with E-state index in [0.29, 0.717) is 31.0 Å². The van der Waals surface area contributed by atoms with E-state index in [2.05, 4.69) is 9.88 Å². The number of fused-ring (bicyclic) bond motifs is 1. The Morgan fingerprint density at radius 1 is 0.857 bits per heavy atom. The number of aliphatic hydroxyl groups excluding tert-OH is 2. The molecule has 7 nitrogen and oxygen atoms in total. The summed E-state index contributed by atoms with van der Waals surface area (Å²) in [5, 5.41) is 19.4. The highest BCUT2D eigenvalue weighted by Gasteiger charge is 2.13. The summed E-state index contributed by atoms with van der Waals surface area (Å²) in [5.74, 6) is -0.179. The van der Waals surface area contributed by atoms with Gasteiger partial charge in [0.25, 0.3) is 0 Å². The quantitative estimate of drug-likeness (QED) is 0.188. The van der Waals surface area contributed by atoms with E-state index in [1.54, 1.807) is 18.2 Å². The number of esters is 1. The number of aromatic nitrogens is 1. The first-order chi connectivity index (χ1) is 20.5. The molecule has 0 aliphatic heterocycles. The zero-order chi connectivity index (χ0) is 29.3. The first kappa shape index (κ1) is 28.7. The summed E-state index contributed by atoms with van der Waals surface area (Å²) < 4.78 is 25.0. The van der Waals surface area contributed by atoms with Crippen LogP contribution in [0.25, 0.3) is 10.9 Å². The van der Waals surface area contributed by atoms with Crippen molar-refractivity contribution >= 4 is 22.6 Å². The molecule has 0 fully saturated rings. The van der Waals surface area contributed by atoms with Gasteiger partial charge in [-0.15, -0.1) is 0 Å². The lowest BCUT2D eigenvalue weighted by molar-refractivity contribution is 0.00933. The predicted molar refractivity (Wildman–Crippen MR) is 159 cm³/mol. The lowest BCUT2D eigenvalue weighted by Crippen LogP contribution is -2.23. The molecule has 214 valence electrons. The van der Waals surface area contributed by atoms with Gasteiger partial charge in [-0.25, -0.2) is 14.2 Å². The Hall–Kier alpha value is -4.79. The molecule has 0 amide bonds. The van der Waals surface area contributed by atoms with Crippen LogP contribution >= 0.6 is 0 Å². The average molecular weight is 567 g/mol. The topological polar surface area (TPSA) is 92.1 Å². The summed E-state index contributed by atoms with van der Waals surface area (Å²) in [5.41, 5.74) is 4.76. The number of nitrogens with zero attached hydrogens (tertiary/aromatic N) is 2. The summed E-state index contributed by atoms with van der Waals surface area (Å²) in [6.07, 6.45) is -1.11. The van der Waals surface area contributed by atoms with Crippen LogP contribution in [0.2, 0.25) is 0 Å². The smallest absolute Gasteiger partial charge is 0.338 e. The Balaban J connectivity index is 1.28. The lowest BCUT2D eigenvalue weighted by Gasteiger charge is -2.26. The number of hydrogen-bond acceptors (Lipinski definition) is 7. The SMILES string of the molecule is O=C(OC[C@H](O)CO)c1ccc(CN(Cc2cccc(F)c2)c2ccc(OCc3ccc4ccccc4n3)cc2)cc1. The van der Waals surface area contributed by atoms with E-state index in [1.807, 2.05) is 78.9 Å². The van der Waals surface area contributed by atoms with Crippen LogP contribution in [0.1, 0.15) is 27.2 Å². The Kier molecular flexibility index (Phi) is 9.38. The molecule has 0 unspecified atom stereocenters. The molecular formula is C34H31FN2O5. The Morgan fingerprint density at radius 3 is 2.38 bits per heavy atom. The van der Waals surface area contributed by atoms with Gasteiger partial charge < -0.3 is 24.6 Å². The number of aliphatic hydroxyl groups is 2. The second-order valence-corrected chi connectivity index (χ2v) is 9.90. The number of ether oxygens (including phenoxy) is 2. The second-order valence-electron chi connectivity index (χ2n) is 9.90. The summed E-state index contributed by atoms with van der Waals surface area (Å²) in [4.78, 5) is 19.0. The number of para-hydroxylation sites is 1. The van der Waals surface area contributed by atoms with E-state index >= 15 is 0 Å². The van der Waals surface area contributed by atoms with Gasteiger partial charge in [-0.3, -0.25) is 0 Å². The van der Waals surface area contributed by atoms with Crippen molar-refractivity contribution in [2.75, 3.05) is 18.1 Å². The molecule has 4 aromatic carbocycles. The van der Waals surface area contributed by atoms with Crippen LogP contribution in [0.5, 0.6) is 5.75 Å². The Morgan fingerprint density at radius 2 is 1.62 bits per heavy atom. The highest BCUT2D eigenvalue weighted by molar-refractivity contribution is 5.89. The van der Waals surface area contributed by atoms with Gasteiger partial charge in [0, 0.05) is 24.2 Å². The van der Waals surface area contributed by atoms with Gasteiger partial charge in [0.1, 0.15) is 30.9 Å². The van der Waals surface area contributed by atoms with Gasteiger partial charge in [0.05, 0.1) is 23.4 Å². The van der Waals surface area contributed by atoms with Gasteiger partial charge in [0.2, 0.25) is 0 Å². The van der Waals surface area contributed by atoms with Crippen LogP contribution in [0.4, 0.5) is 10.1 Å². The number of carbonyl (C=O) groups is 1.